The van der Waals surface area contributed by atoms with E-state index in [0.29, 0.717) is 6.54 Å². The van der Waals surface area contributed by atoms with Crippen LogP contribution in [0.15, 0.2) is 88.8 Å². The highest BCUT2D eigenvalue weighted by molar-refractivity contribution is 14.1. The maximum atomic E-state index is 12.4. The maximum absolute atomic E-state index is 12.4. The van der Waals surface area contributed by atoms with Crippen molar-refractivity contribution in [2.24, 2.45) is 0 Å². The number of carbonyl (C=O) groups is 1. The molecular weight excluding hydrogens is 497 g/mol. The van der Waals surface area contributed by atoms with Crippen molar-refractivity contribution >= 4 is 45.9 Å². The molecule has 146 valence electrons. The number of anilines is 1. The van der Waals surface area contributed by atoms with Crippen LogP contribution in [0.25, 0.3) is 11.3 Å². The number of nitrogens with one attached hydrogen (secondary N) is 1. The van der Waals surface area contributed by atoms with Gasteiger partial charge in [-0.15, -0.1) is 0 Å². The van der Waals surface area contributed by atoms with Gasteiger partial charge in [0.25, 0.3) is 0 Å². The van der Waals surface area contributed by atoms with Gasteiger partial charge in [0.05, 0.1) is 30.5 Å². The van der Waals surface area contributed by atoms with Crippen LogP contribution < -0.4 is 5.32 Å². The molecule has 5 nitrogen and oxygen atoms in total. The third kappa shape index (κ3) is 5.10. The molecule has 1 amide bonds. The highest BCUT2D eigenvalue weighted by Gasteiger charge is 2.15. The summed E-state index contributed by atoms with van der Waals surface area (Å²) in [5.41, 5.74) is 2.86. The first-order chi connectivity index (χ1) is 14.2. The maximum Gasteiger partial charge on any atom is 0.234 e. The minimum Gasteiger partial charge on any atom is -0.467 e. The van der Waals surface area contributed by atoms with Crippen LogP contribution in [0.2, 0.25) is 0 Å². The van der Waals surface area contributed by atoms with E-state index in [1.165, 1.54) is 11.8 Å². The summed E-state index contributed by atoms with van der Waals surface area (Å²) in [6.07, 6.45) is 3.51. The first kappa shape index (κ1) is 19.8. The molecule has 0 saturated carbocycles. The van der Waals surface area contributed by atoms with Gasteiger partial charge in [0.15, 0.2) is 5.16 Å². The number of aromatic nitrogens is 2. The van der Waals surface area contributed by atoms with E-state index in [-0.39, 0.29) is 11.7 Å². The largest absolute Gasteiger partial charge is 0.467 e. The van der Waals surface area contributed by atoms with Crippen molar-refractivity contribution in [2.45, 2.75) is 11.7 Å². The molecule has 7 heteroatoms. The highest BCUT2D eigenvalue weighted by Crippen LogP contribution is 2.27. The SMILES string of the molecule is O=C(CSc1ncc(-c2ccccc2)n1Cc1ccco1)Nc1cccc(I)c1. The summed E-state index contributed by atoms with van der Waals surface area (Å²) in [4.78, 5) is 17.0. The van der Waals surface area contributed by atoms with Crippen molar-refractivity contribution in [3.8, 4) is 11.3 Å². The summed E-state index contributed by atoms with van der Waals surface area (Å²) in [5, 5.41) is 3.71. The Bertz CT molecular complexity index is 1090. The fraction of sp³-hybridized carbons (Fsp3) is 0.0909. The van der Waals surface area contributed by atoms with Crippen LogP contribution in [0.5, 0.6) is 0 Å². The second-order valence-corrected chi connectivity index (χ2v) is 8.49. The number of rotatable bonds is 7. The summed E-state index contributed by atoms with van der Waals surface area (Å²) < 4.78 is 8.69. The van der Waals surface area contributed by atoms with E-state index in [1.54, 1.807) is 6.26 Å². The van der Waals surface area contributed by atoms with Crippen LogP contribution >= 0.6 is 34.4 Å². The Hall–Kier alpha value is -2.52. The monoisotopic (exact) mass is 515 g/mol. The zero-order valence-electron chi connectivity index (χ0n) is 15.4. The Kier molecular flexibility index (Phi) is 6.36. The molecule has 0 atom stereocenters. The van der Waals surface area contributed by atoms with Crippen LogP contribution in [0.1, 0.15) is 5.76 Å². The van der Waals surface area contributed by atoms with Gasteiger partial charge in [-0.3, -0.25) is 4.79 Å². The van der Waals surface area contributed by atoms with Gasteiger partial charge in [0, 0.05) is 9.26 Å². The molecule has 29 heavy (non-hydrogen) atoms. The molecular formula is C22H18IN3O2S. The topological polar surface area (TPSA) is 60.1 Å². The van der Waals surface area contributed by atoms with Crippen LogP contribution in [-0.2, 0) is 11.3 Å². The molecule has 0 radical (unpaired) electrons. The van der Waals surface area contributed by atoms with Gasteiger partial charge in [0.2, 0.25) is 5.91 Å². The molecule has 2 aromatic carbocycles. The number of carbonyl (C=O) groups excluding carboxylic acids is 1. The number of amides is 1. The van der Waals surface area contributed by atoms with Gasteiger partial charge in [-0.1, -0.05) is 48.2 Å². The number of halogens is 1. The Morgan fingerprint density at radius 3 is 2.72 bits per heavy atom. The third-order valence-electron chi connectivity index (χ3n) is 4.22. The normalized spacial score (nSPS) is 10.8. The summed E-state index contributed by atoms with van der Waals surface area (Å²) >= 11 is 3.64. The standard InChI is InChI=1S/C22H18IN3O2S/c23-17-8-4-9-18(12-17)25-21(27)15-29-22-24-13-20(16-6-2-1-3-7-16)26(22)14-19-10-5-11-28-19/h1-13H,14-15H2,(H,25,27). The zero-order valence-corrected chi connectivity index (χ0v) is 18.4. The van der Waals surface area contributed by atoms with E-state index in [9.17, 15) is 4.79 Å². The fourth-order valence-electron chi connectivity index (χ4n) is 2.92. The van der Waals surface area contributed by atoms with Gasteiger partial charge >= 0.3 is 0 Å². The van der Waals surface area contributed by atoms with Crippen LogP contribution in [0, 0.1) is 3.57 Å². The predicted octanol–water partition coefficient (Wildman–Crippen LogP) is 5.53. The fourth-order valence-corrected chi connectivity index (χ4v) is 4.24. The second-order valence-electron chi connectivity index (χ2n) is 6.30. The van der Waals surface area contributed by atoms with E-state index < -0.39 is 0 Å². The van der Waals surface area contributed by atoms with Crippen molar-refractivity contribution in [1.29, 1.82) is 0 Å². The van der Waals surface area contributed by atoms with Gasteiger partial charge in [-0.05, 0) is 58.5 Å². The molecule has 0 aliphatic rings. The molecule has 0 aliphatic carbocycles. The first-order valence-electron chi connectivity index (χ1n) is 9.00. The van der Waals surface area contributed by atoms with E-state index in [0.717, 1.165) is 31.4 Å². The Morgan fingerprint density at radius 1 is 1.10 bits per heavy atom. The van der Waals surface area contributed by atoms with Crippen LogP contribution in [0.3, 0.4) is 0 Å². The Balaban J connectivity index is 1.52. The molecule has 2 aromatic heterocycles. The van der Waals surface area contributed by atoms with E-state index >= 15 is 0 Å². The molecule has 2 heterocycles. The zero-order chi connectivity index (χ0) is 20.1. The molecule has 4 aromatic rings. The predicted molar refractivity (Wildman–Crippen MR) is 124 cm³/mol. The van der Waals surface area contributed by atoms with Crippen molar-refractivity contribution < 1.29 is 9.21 Å². The number of furan rings is 1. The van der Waals surface area contributed by atoms with E-state index in [4.69, 9.17) is 4.42 Å². The summed E-state index contributed by atoms with van der Waals surface area (Å²) in [6.45, 7) is 0.554. The van der Waals surface area contributed by atoms with E-state index in [1.807, 2.05) is 72.9 Å². The molecule has 0 spiro atoms. The number of thioether (sulfide) groups is 1. The molecule has 0 aliphatic heterocycles. The Labute approximate surface area is 186 Å². The van der Waals surface area contributed by atoms with Crippen molar-refractivity contribution in [3.05, 3.63) is 88.5 Å². The number of imidazole rings is 1. The molecule has 0 fully saturated rings. The van der Waals surface area contributed by atoms with Gasteiger partial charge in [0.1, 0.15) is 5.76 Å². The molecule has 4 rings (SSSR count). The number of hydrogen-bond acceptors (Lipinski definition) is 4. The van der Waals surface area contributed by atoms with Crippen molar-refractivity contribution in [2.75, 3.05) is 11.1 Å². The second kappa shape index (κ2) is 9.32. The van der Waals surface area contributed by atoms with Crippen LogP contribution in [-0.4, -0.2) is 21.2 Å². The average molecular weight is 515 g/mol. The Morgan fingerprint density at radius 2 is 1.97 bits per heavy atom. The van der Waals surface area contributed by atoms with Crippen molar-refractivity contribution in [3.63, 3.8) is 0 Å². The van der Waals surface area contributed by atoms with Crippen LogP contribution in [0.4, 0.5) is 5.69 Å². The molecule has 0 unspecified atom stereocenters. The molecule has 1 N–H and O–H groups in total. The number of hydrogen-bond donors (Lipinski definition) is 1. The lowest BCUT2D eigenvalue weighted by Crippen LogP contribution is -2.15. The van der Waals surface area contributed by atoms with Gasteiger partial charge in [-0.2, -0.15) is 0 Å². The molecule has 0 saturated heterocycles. The lowest BCUT2D eigenvalue weighted by Gasteiger charge is -2.11. The lowest BCUT2D eigenvalue weighted by molar-refractivity contribution is -0.113. The van der Waals surface area contributed by atoms with Gasteiger partial charge < -0.3 is 14.3 Å². The summed E-state index contributed by atoms with van der Waals surface area (Å²) in [5.74, 6) is 1.05. The summed E-state index contributed by atoms with van der Waals surface area (Å²) in [6, 6.07) is 21.6. The number of benzene rings is 2. The summed E-state index contributed by atoms with van der Waals surface area (Å²) in [7, 11) is 0. The minimum absolute atomic E-state index is 0.0641. The number of nitrogens with zero attached hydrogens (tertiary/aromatic N) is 2. The van der Waals surface area contributed by atoms with E-state index in [2.05, 4.69) is 37.5 Å². The molecule has 0 bridgehead atoms. The van der Waals surface area contributed by atoms with Gasteiger partial charge in [-0.25, -0.2) is 4.98 Å². The quantitative estimate of drug-likeness (QED) is 0.260. The smallest absolute Gasteiger partial charge is 0.234 e. The highest BCUT2D eigenvalue weighted by atomic mass is 127. The average Bonchev–Trinajstić information content (AvgIpc) is 3.38. The van der Waals surface area contributed by atoms with Crippen molar-refractivity contribution in [1.82, 2.24) is 9.55 Å². The third-order valence-corrected chi connectivity index (χ3v) is 5.88. The first-order valence-corrected chi connectivity index (χ1v) is 11.1. The lowest BCUT2D eigenvalue weighted by atomic mass is 10.2. The minimum atomic E-state index is -0.0641.